The van der Waals surface area contributed by atoms with E-state index in [1.807, 2.05) is 4.90 Å². The number of ether oxygens (including phenoxy) is 1. The van der Waals surface area contributed by atoms with Gasteiger partial charge in [0.2, 0.25) is 0 Å². The van der Waals surface area contributed by atoms with E-state index in [1.165, 1.54) is 25.7 Å². The van der Waals surface area contributed by atoms with Gasteiger partial charge in [0, 0.05) is 6.04 Å². The van der Waals surface area contributed by atoms with E-state index < -0.39 is 0 Å². The highest BCUT2D eigenvalue weighted by Gasteiger charge is 2.43. The molecule has 3 atom stereocenters. The lowest BCUT2D eigenvalue weighted by Gasteiger charge is -2.31. The highest BCUT2D eigenvalue weighted by atomic mass is 16.6. The first kappa shape index (κ1) is 14.7. The van der Waals surface area contributed by atoms with E-state index in [9.17, 15) is 4.79 Å². The summed E-state index contributed by atoms with van der Waals surface area (Å²) in [7, 11) is 0. The molecule has 3 nitrogen and oxygen atoms in total. The largest absolute Gasteiger partial charge is 0.444 e. The quantitative estimate of drug-likeness (QED) is 0.766. The molecule has 110 valence electrons. The van der Waals surface area contributed by atoms with E-state index in [0.717, 1.165) is 24.7 Å². The summed E-state index contributed by atoms with van der Waals surface area (Å²) in [5.41, 5.74) is 0. The Morgan fingerprint density at radius 2 is 1.89 bits per heavy atom. The van der Waals surface area contributed by atoms with E-state index in [2.05, 4.69) is 27.7 Å². The van der Waals surface area contributed by atoms with E-state index in [4.69, 9.17) is 4.74 Å². The number of carbonyl (C=O) groups is 1. The molecule has 1 heterocycles. The zero-order valence-electron chi connectivity index (χ0n) is 12.9. The van der Waals surface area contributed by atoms with Crippen LogP contribution < -0.4 is 0 Å². The second-order valence-electron chi connectivity index (χ2n) is 7.01. The van der Waals surface area contributed by atoms with Crippen molar-refractivity contribution in [3.8, 4) is 0 Å². The van der Waals surface area contributed by atoms with Crippen molar-refractivity contribution in [2.24, 2.45) is 11.8 Å². The Labute approximate surface area is 117 Å². The van der Waals surface area contributed by atoms with E-state index >= 15 is 0 Å². The number of fused-ring (bicyclic) bond motifs is 1. The van der Waals surface area contributed by atoms with Crippen molar-refractivity contribution < 1.29 is 9.53 Å². The van der Waals surface area contributed by atoms with Gasteiger partial charge in [0.15, 0.2) is 0 Å². The van der Waals surface area contributed by atoms with Gasteiger partial charge in [0.1, 0.15) is 6.10 Å². The lowest BCUT2D eigenvalue weighted by molar-refractivity contribution is 0.101. The minimum atomic E-state index is -0.0878. The molecule has 2 rings (SSSR count). The van der Waals surface area contributed by atoms with Gasteiger partial charge in [-0.15, -0.1) is 0 Å². The van der Waals surface area contributed by atoms with Crippen molar-refractivity contribution >= 4 is 6.09 Å². The van der Waals surface area contributed by atoms with Crippen molar-refractivity contribution in [2.75, 3.05) is 0 Å². The minimum Gasteiger partial charge on any atom is -0.444 e. The first-order chi connectivity index (χ1) is 8.99. The van der Waals surface area contributed by atoms with Gasteiger partial charge in [-0.3, -0.25) is 4.90 Å². The van der Waals surface area contributed by atoms with Crippen LogP contribution in [-0.2, 0) is 4.74 Å². The van der Waals surface area contributed by atoms with Crippen LogP contribution in [0.25, 0.3) is 0 Å². The van der Waals surface area contributed by atoms with Crippen LogP contribution in [0, 0.1) is 11.8 Å². The normalized spacial score (nSPS) is 32.2. The van der Waals surface area contributed by atoms with Crippen LogP contribution in [0.5, 0.6) is 0 Å². The van der Waals surface area contributed by atoms with Gasteiger partial charge in [-0.25, -0.2) is 4.79 Å². The number of hydrogen-bond donors (Lipinski definition) is 0. The zero-order valence-corrected chi connectivity index (χ0v) is 12.9. The van der Waals surface area contributed by atoms with Crippen LogP contribution >= 0.6 is 0 Å². The number of hydrogen-bond acceptors (Lipinski definition) is 2. The van der Waals surface area contributed by atoms with E-state index in [-0.39, 0.29) is 18.2 Å². The third-order valence-electron chi connectivity index (χ3n) is 4.54. The first-order valence-corrected chi connectivity index (χ1v) is 7.98. The maximum atomic E-state index is 12.0. The Bertz CT molecular complexity index is 314. The van der Waals surface area contributed by atoms with Gasteiger partial charge in [-0.1, -0.05) is 33.1 Å². The number of carbonyl (C=O) groups excluding carboxylic acids is 1. The second-order valence-corrected chi connectivity index (χ2v) is 7.01. The van der Waals surface area contributed by atoms with Crippen molar-refractivity contribution in [3.63, 3.8) is 0 Å². The SMILES string of the molecule is CC(C)CC1CCCCC2C(C1)OC(=O)N2C(C)C. The van der Waals surface area contributed by atoms with Crippen LogP contribution in [0.15, 0.2) is 0 Å². The molecule has 2 aliphatic rings. The molecule has 1 amide bonds. The third kappa shape index (κ3) is 3.43. The van der Waals surface area contributed by atoms with Gasteiger partial charge in [-0.05, 0) is 44.9 Å². The van der Waals surface area contributed by atoms with Crippen LogP contribution in [0.4, 0.5) is 4.79 Å². The average molecular weight is 267 g/mol. The Morgan fingerprint density at radius 3 is 2.53 bits per heavy atom. The molecular weight excluding hydrogens is 238 g/mol. The molecule has 0 radical (unpaired) electrons. The molecule has 0 N–H and O–H groups in total. The summed E-state index contributed by atoms with van der Waals surface area (Å²) in [6.45, 7) is 8.76. The van der Waals surface area contributed by atoms with E-state index in [0.29, 0.717) is 6.04 Å². The summed E-state index contributed by atoms with van der Waals surface area (Å²) in [4.78, 5) is 14.0. The second kappa shape index (κ2) is 6.15. The maximum Gasteiger partial charge on any atom is 0.410 e. The Kier molecular flexibility index (Phi) is 4.75. The molecule has 0 spiro atoms. The summed E-state index contributed by atoms with van der Waals surface area (Å²) in [6.07, 6.45) is 7.34. The molecular formula is C16H29NO2. The van der Waals surface area contributed by atoms with Crippen molar-refractivity contribution in [1.29, 1.82) is 0 Å². The molecule has 19 heavy (non-hydrogen) atoms. The summed E-state index contributed by atoms with van der Waals surface area (Å²) >= 11 is 0. The smallest absolute Gasteiger partial charge is 0.410 e. The Morgan fingerprint density at radius 1 is 1.21 bits per heavy atom. The summed E-state index contributed by atoms with van der Waals surface area (Å²) in [5, 5.41) is 0. The van der Waals surface area contributed by atoms with Gasteiger partial charge in [0.25, 0.3) is 0 Å². The van der Waals surface area contributed by atoms with E-state index in [1.54, 1.807) is 0 Å². The standard InChI is InChI=1S/C16H29NO2/c1-11(2)9-13-7-5-6-8-14-15(10-13)19-16(18)17(14)12(3)4/h11-15H,5-10H2,1-4H3. The molecule has 1 saturated heterocycles. The van der Waals surface area contributed by atoms with Crippen LogP contribution in [0.1, 0.15) is 66.2 Å². The van der Waals surface area contributed by atoms with Crippen molar-refractivity contribution in [2.45, 2.75) is 84.4 Å². The minimum absolute atomic E-state index is 0.0878. The highest BCUT2D eigenvalue weighted by Crippen LogP contribution is 2.35. The van der Waals surface area contributed by atoms with Crippen molar-refractivity contribution in [3.05, 3.63) is 0 Å². The zero-order chi connectivity index (χ0) is 14.0. The van der Waals surface area contributed by atoms with Gasteiger partial charge in [0.05, 0.1) is 6.04 Å². The molecule has 3 unspecified atom stereocenters. The molecule has 1 saturated carbocycles. The summed E-state index contributed by atoms with van der Waals surface area (Å²) in [6, 6.07) is 0.577. The fourth-order valence-corrected chi connectivity index (χ4v) is 3.82. The predicted octanol–water partition coefficient (Wildman–Crippen LogP) is 4.21. The monoisotopic (exact) mass is 267 g/mol. The molecule has 1 aliphatic heterocycles. The number of nitrogens with zero attached hydrogens (tertiary/aromatic N) is 1. The summed E-state index contributed by atoms with van der Waals surface area (Å²) < 4.78 is 5.67. The van der Waals surface area contributed by atoms with Crippen LogP contribution in [-0.4, -0.2) is 29.2 Å². The van der Waals surface area contributed by atoms with Gasteiger partial charge < -0.3 is 4.74 Å². The fourth-order valence-electron chi connectivity index (χ4n) is 3.82. The molecule has 0 aromatic heterocycles. The molecule has 0 aromatic carbocycles. The summed E-state index contributed by atoms with van der Waals surface area (Å²) in [5.74, 6) is 1.47. The molecule has 2 fully saturated rings. The topological polar surface area (TPSA) is 29.5 Å². The molecule has 0 bridgehead atoms. The Hall–Kier alpha value is -0.730. The van der Waals surface area contributed by atoms with Gasteiger partial charge in [-0.2, -0.15) is 0 Å². The third-order valence-corrected chi connectivity index (χ3v) is 4.54. The lowest BCUT2D eigenvalue weighted by Crippen LogP contribution is -2.42. The van der Waals surface area contributed by atoms with Gasteiger partial charge >= 0.3 is 6.09 Å². The first-order valence-electron chi connectivity index (χ1n) is 7.98. The predicted molar refractivity (Wildman–Crippen MR) is 77.1 cm³/mol. The van der Waals surface area contributed by atoms with Crippen LogP contribution in [0.3, 0.4) is 0 Å². The van der Waals surface area contributed by atoms with Crippen LogP contribution in [0.2, 0.25) is 0 Å². The lowest BCUT2D eigenvalue weighted by atomic mass is 9.82. The number of amides is 1. The highest BCUT2D eigenvalue weighted by molar-refractivity contribution is 5.71. The Balaban J connectivity index is 2.06. The fraction of sp³-hybridized carbons (Fsp3) is 0.938. The number of rotatable bonds is 3. The maximum absolute atomic E-state index is 12.0. The average Bonchev–Trinajstić information content (AvgIpc) is 2.56. The molecule has 3 heteroatoms. The molecule has 0 aromatic rings. The molecule has 1 aliphatic carbocycles. The van der Waals surface area contributed by atoms with Crippen molar-refractivity contribution in [1.82, 2.24) is 4.90 Å².